The summed E-state index contributed by atoms with van der Waals surface area (Å²) in [7, 11) is 0. The van der Waals surface area contributed by atoms with E-state index < -0.39 is 18.8 Å². The maximum absolute atomic E-state index is 12.3. The molecule has 1 amide bonds. The van der Waals surface area contributed by atoms with E-state index in [0.29, 0.717) is 18.8 Å². The Morgan fingerprint density at radius 2 is 2.05 bits per heavy atom. The summed E-state index contributed by atoms with van der Waals surface area (Å²) in [5.74, 6) is -0.222. The number of aliphatic hydroxyl groups excluding tert-OH is 1. The summed E-state index contributed by atoms with van der Waals surface area (Å²) in [4.78, 5) is 17.9. The fraction of sp³-hybridized carbons (Fsp3) is 0.571. The lowest BCUT2D eigenvalue weighted by atomic mass is 10.1. The fourth-order valence-corrected chi connectivity index (χ4v) is 2.25. The van der Waals surface area contributed by atoms with Gasteiger partial charge in [-0.25, -0.2) is 0 Å². The Balaban J connectivity index is 1.99. The van der Waals surface area contributed by atoms with E-state index in [0.717, 1.165) is 19.3 Å². The number of nitrogens with one attached hydrogen (secondary N) is 1. The van der Waals surface area contributed by atoms with Gasteiger partial charge in [0.25, 0.3) is 5.91 Å². The van der Waals surface area contributed by atoms with Crippen LogP contribution in [0.4, 0.5) is 18.9 Å². The van der Waals surface area contributed by atoms with Gasteiger partial charge in [0.2, 0.25) is 0 Å². The Hall–Kier alpha value is -1.83. The second kappa shape index (κ2) is 6.95. The number of hydrogen-bond donors (Lipinski definition) is 2. The first-order valence-corrected chi connectivity index (χ1v) is 7.12. The lowest BCUT2D eigenvalue weighted by Gasteiger charge is -2.26. The zero-order chi connectivity index (χ0) is 16.2. The highest BCUT2D eigenvalue weighted by atomic mass is 19.4. The van der Waals surface area contributed by atoms with Crippen LogP contribution in [0.1, 0.15) is 29.8 Å². The molecule has 122 valence electrons. The highest BCUT2D eigenvalue weighted by Crippen LogP contribution is 2.21. The van der Waals surface area contributed by atoms with Crippen LogP contribution in [0.5, 0.6) is 0 Å². The number of halogens is 3. The minimum atomic E-state index is -4.67. The minimum absolute atomic E-state index is 0.188. The number of aromatic nitrogens is 1. The molecule has 1 atom stereocenters. The van der Waals surface area contributed by atoms with Crippen LogP contribution in [0.25, 0.3) is 0 Å². The van der Waals surface area contributed by atoms with Crippen molar-refractivity contribution in [2.45, 2.75) is 31.5 Å². The SMILES string of the molecule is O=C(c1cc(NC[C@@H](O)C(F)(F)F)ccn1)N1CCCCC1. The number of piperidine rings is 1. The number of likely N-dealkylation sites (tertiary alicyclic amines) is 1. The highest BCUT2D eigenvalue weighted by Gasteiger charge is 2.37. The van der Waals surface area contributed by atoms with Gasteiger partial charge in [-0.05, 0) is 31.4 Å². The van der Waals surface area contributed by atoms with Gasteiger partial charge in [-0.1, -0.05) is 0 Å². The molecule has 2 rings (SSSR count). The van der Waals surface area contributed by atoms with Crippen molar-refractivity contribution in [2.75, 3.05) is 25.0 Å². The van der Waals surface area contributed by atoms with Gasteiger partial charge in [0.05, 0.1) is 0 Å². The van der Waals surface area contributed by atoms with E-state index in [-0.39, 0.29) is 11.6 Å². The maximum Gasteiger partial charge on any atom is 0.416 e. The van der Waals surface area contributed by atoms with Crippen molar-refractivity contribution in [1.29, 1.82) is 0 Å². The number of carbonyl (C=O) groups is 1. The number of pyridine rings is 1. The van der Waals surface area contributed by atoms with Crippen molar-refractivity contribution in [3.05, 3.63) is 24.0 Å². The third-order valence-electron chi connectivity index (χ3n) is 3.50. The molecule has 1 saturated heterocycles. The molecule has 5 nitrogen and oxygen atoms in total. The van der Waals surface area contributed by atoms with Crippen molar-refractivity contribution < 1.29 is 23.1 Å². The molecule has 1 aliphatic heterocycles. The van der Waals surface area contributed by atoms with E-state index in [1.165, 1.54) is 18.3 Å². The Morgan fingerprint density at radius 3 is 2.68 bits per heavy atom. The van der Waals surface area contributed by atoms with Gasteiger partial charge < -0.3 is 15.3 Å². The van der Waals surface area contributed by atoms with Gasteiger partial charge in [0, 0.05) is 31.5 Å². The summed E-state index contributed by atoms with van der Waals surface area (Å²) in [6, 6.07) is 2.86. The average Bonchev–Trinajstić information content (AvgIpc) is 2.52. The predicted octanol–water partition coefficient (Wildman–Crippen LogP) is 2.04. The van der Waals surface area contributed by atoms with Crippen LogP contribution in [0.3, 0.4) is 0 Å². The molecule has 1 fully saturated rings. The summed E-state index contributed by atoms with van der Waals surface area (Å²) in [6.07, 6.45) is -2.79. The van der Waals surface area contributed by atoms with E-state index in [4.69, 9.17) is 5.11 Å². The highest BCUT2D eigenvalue weighted by molar-refractivity contribution is 5.93. The Bertz CT molecular complexity index is 516. The average molecular weight is 317 g/mol. The zero-order valence-electron chi connectivity index (χ0n) is 11.9. The Kier molecular flexibility index (Phi) is 5.23. The van der Waals surface area contributed by atoms with E-state index in [9.17, 15) is 18.0 Å². The molecule has 0 radical (unpaired) electrons. The molecule has 1 aromatic heterocycles. The monoisotopic (exact) mass is 317 g/mol. The molecule has 0 bridgehead atoms. The molecule has 2 N–H and O–H groups in total. The number of aliphatic hydroxyl groups is 1. The van der Waals surface area contributed by atoms with Crippen molar-refractivity contribution in [1.82, 2.24) is 9.88 Å². The summed E-state index contributed by atoms with van der Waals surface area (Å²) in [5.41, 5.74) is 0.507. The van der Waals surface area contributed by atoms with Gasteiger partial charge in [-0.15, -0.1) is 0 Å². The minimum Gasteiger partial charge on any atom is -0.382 e. The number of anilines is 1. The van der Waals surface area contributed by atoms with Crippen LogP contribution in [0.2, 0.25) is 0 Å². The van der Waals surface area contributed by atoms with E-state index >= 15 is 0 Å². The zero-order valence-corrected chi connectivity index (χ0v) is 11.9. The second-order valence-electron chi connectivity index (χ2n) is 5.22. The molecule has 22 heavy (non-hydrogen) atoms. The molecule has 0 aliphatic carbocycles. The first kappa shape index (κ1) is 16.5. The van der Waals surface area contributed by atoms with Gasteiger partial charge in [-0.3, -0.25) is 9.78 Å². The number of amides is 1. The van der Waals surface area contributed by atoms with Crippen molar-refractivity contribution in [3.63, 3.8) is 0 Å². The van der Waals surface area contributed by atoms with Crippen LogP contribution in [-0.4, -0.2) is 52.8 Å². The topological polar surface area (TPSA) is 65.5 Å². The van der Waals surface area contributed by atoms with Gasteiger partial charge >= 0.3 is 6.18 Å². The van der Waals surface area contributed by atoms with Crippen LogP contribution in [0.15, 0.2) is 18.3 Å². The van der Waals surface area contributed by atoms with Gasteiger partial charge in [-0.2, -0.15) is 13.2 Å². The lowest BCUT2D eigenvalue weighted by molar-refractivity contribution is -0.198. The summed E-state index contributed by atoms with van der Waals surface area (Å²) in [5, 5.41) is 11.4. The fourth-order valence-electron chi connectivity index (χ4n) is 2.25. The molecule has 8 heteroatoms. The van der Waals surface area contributed by atoms with Crippen molar-refractivity contribution in [2.24, 2.45) is 0 Å². The number of rotatable bonds is 4. The molecule has 2 heterocycles. The number of alkyl halides is 3. The van der Waals surface area contributed by atoms with Crippen LogP contribution < -0.4 is 5.32 Å². The van der Waals surface area contributed by atoms with Gasteiger partial charge in [0.1, 0.15) is 5.69 Å². The number of nitrogens with zero attached hydrogens (tertiary/aromatic N) is 2. The quantitative estimate of drug-likeness (QED) is 0.892. The van der Waals surface area contributed by atoms with E-state index in [1.807, 2.05) is 0 Å². The summed E-state index contributed by atoms with van der Waals surface area (Å²) in [6.45, 7) is 0.667. The van der Waals surface area contributed by atoms with Crippen LogP contribution >= 0.6 is 0 Å². The Morgan fingerprint density at radius 1 is 1.36 bits per heavy atom. The van der Waals surface area contributed by atoms with Crippen molar-refractivity contribution >= 4 is 11.6 Å². The third-order valence-corrected chi connectivity index (χ3v) is 3.50. The predicted molar refractivity (Wildman–Crippen MR) is 74.5 cm³/mol. The number of hydrogen-bond acceptors (Lipinski definition) is 4. The normalized spacial score (nSPS) is 17.2. The molecule has 1 aromatic rings. The van der Waals surface area contributed by atoms with E-state index in [2.05, 4.69) is 10.3 Å². The first-order chi connectivity index (χ1) is 10.4. The molecule has 1 aliphatic rings. The molecular formula is C14H18F3N3O2. The molecule has 0 unspecified atom stereocenters. The Labute approximate surface area is 126 Å². The van der Waals surface area contributed by atoms with Crippen LogP contribution in [0, 0.1) is 0 Å². The standard InChI is InChI=1S/C14H18F3N3O2/c15-14(16,17)12(21)9-19-10-4-5-18-11(8-10)13(22)20-6-2-1-3-7-20/h4-5,8,12,21H,1-3,6-7,9H2,(H,18,19)/t12-/m1/s1. The molecular weight excluding hydrogens is 299 g/mol. The van der Waals surface area contributed by atoms with Gasteiger partial charge in [0.15, 0.2) is 6.10 Å². The maximum atomic E-state index is 12.3. The van der Waals surface area contributed by atoms with E-state index in [1.54, 1.807) is 4.90 Å². The molecule has 0 aromatic carbocycles. The molecule has 0 spiro atoms. The number of carbonyl (C=O) groups excluding carboxylic acids is 1. The molecule has 0 saturated carbocycles. The van der Waals surface area contributed by atoms with Crippen molar-refractivity contribution in [3.8, 4) is 0 Å². The smallest absolute Gasteiger partial charge is 0.382 e. The largest absolute Gasteiger partial charge is 0.416 e. The summed E-state index contributed by atoms with van der Waals surface area (Å²) >= 11 is 0. The lowest BCUT2D eigenvalue weighted by Crippen LogP contribution is -2.36. The third kappa shape index (κ3) is 4.33. The van der Waals surface area contributed by atoms with Crippen LogP contribution in [-0.2, 0) is 0 Å². The summed E-state index contributed by atoms with van der Waals surface area (Å²) < 4.78 is 36.7. The first-order valence-electron chi connectivity index (χ1n) is 7.12. The second-order valence-corrected chi connectivity index (χ2v) is 5.22.